The molecule has 0 radical (unpaired) electrons. The van der Waals surface area contributed by atoms with E-state index in [0.717, 1.165) is 6.54 Å². The summed E-state index contributed by atoms with van der Waals surface area (Å²) in [5.41, 5.74) is 4.10. The van der Waals surface area contributed by atoms with E-state index >= 15 is 0 Å². The van der Waals surface area contributed by atoms with Gasteiger partial charge in [-0.25, -0.2) is 0 Å². The van der Waals surface area contributed by atoms with Crippen LogP contribution in [0.5, 0.6) is 0 Å². The SMILES string of the molecule is Cc1ccc2c(c1)C(C)(C)C1(/C=C/c3cccc4ccccc34)NC(=O)CCN21. The average molecular weight is 383 g/mol. The van der Waals surface area contributed by atoms with Crippen LogP contribution in [0, 0.1) is 6.92 Å². The second-order valence-corrected chi connectivity index (χ2v) is 8.76. The molecule has 1 N–H and O–H groups in total. The fourth-order valence-electron chi connectivity index (χ4n) is 5.07. The molecular formula is C26H26N2O. The number of benzene rings is 3. The first-order valence-corrected chi connectivity index (χ1v) is 10.3. The number of fused-ring (bicyclic) bond motifs is 4. The average Bonchev–Trinajstić information content (AvgIpc) is 2.90. The van der Waals surface area contributed by atoms with Gasteiger partial charge >= 0.3 is 0 Å². The minimum atomic E-state index is -0.574. The summed E-state index contributed by atoms with van der Waals surface area (Å²) in [5.74, 6) is 0.112. The number of hydrogen-bond acceptors (Lipinski definition) is 2. The molecule has 3 heteroatoms. The quantitative estimate of drug-likeness (QED) is 0.663. The van der Waals surface area contributed by atoms with E-state index in [4.69, 9.17) is 0 Å². The normalized spacial score (nSPS) is 22.6. The standard InChI is InChI=1S/C26H26N2O/c1-18-11-12-23-22(17-18)25(2,3)26(27-24(29)14-16-28(23)26)15-13-20-9-6-8-19-7-4-5-10-21(19)20/h4-13,15,17H,14,16H2,1-3H3,(H,27,29)/b15-13+. The molecule has 3 nitrogen and oxygen atoms in total. The van der Waals surface area contributed by atoms with E-state index in [1.165, 1.54) is 33.2 Å². The highest BCUT2D eigenvalue weighted by atomic mass is 16.2. The van der Waals surface area contributed by atoms with Crippen LogP contribution in [0.2, 0.25) is 0 Å². The predicted molar refractivity (Wildman–Crippen MR) is 120 cm³/mol. The van der Waals surface area contributed by atoms with Crippen molar-refractivity contribution in [3.63, 3.8) is 0 Å². The molecule has 3 aromatic carbocycles. The zero-order chi connectivity index (χ0) is 20.2. The summed E-state index contributed by atoms with van der Waals surface area (Å²) in [6.45, 7) is 7.34. The second kappa shape index (κ2) is 6.21. The lowest BCUT2D eigenvalue weighted by Crippen LogP contribution is -2.68. The van der Waals surface area contributed by atoms with Gasteiger partial charge in [0.15, 0.2) is 0 Å². The van der Waals surface area contributed by atoms with Gasteiger partial charge in [-0.2, -0.15) is 0 Å². The molecule has 0 saturated carbocycles. The summed E-state index contributed by atoms with van der Waals surface area (Å²) in [6, 6.07) is 21.4. The molecule has 0 aliphatic carbocycles. The Bertz CT molecular complexity index is 1160. The summed E-state index contributed by atoms with van der Waals surface area (Å²) in [4.78, 5) is 14.9. The van der Waals surface area contributed by atoms with Gasteiger partial charge in [-0.1, -0.05) is 80.1 Å². The zero-order valence-electron chi connectivity index (χ0n) is 17.2. The Labute approximate surface area is 172 Å². The maximum absolute atomic E-state index is 12.6. The molecule has 29 heavy (non-hydrogen) atoms. The van der Waals surface area contributed by atoms with Crippen molar-refractivity contribution >= 4 is 28.4 Å². The highest BCUT2D eigenvalue weighted by Crippen LogP contribution is 2.52. The van der Waals surface area contributed by atoms with E-state index in [1.807, 2.05) is 0 Å². The van der Waals surface area contributed by atoms with Crippen LogP contribution in [-0.4, -0.2) is 18.1 Å². The number of aryl methyl sites for hydroxylation is 1. The Kier molecular flexibility index (Phi) is 3.86. The van der Waals surface area contributed by atoms with E-state index in [-0.39, 0.29) is 11.3 Å². The Balaban J connectivity index is 1.68. The molecule has 1 unspecified atom stereocenters. The van der Waals surface area contributed by atoms with E-state index in [9.17, 15) is 4.79 Å². The monoisotopic (exact) mass is 382 g/mol. The van der Waals surface area contributed by atoms with Gasteiger partial charge < -0.3 is 10.2 Å². The molecular weight excluding hydrogens is 356 g/mol. The number of amides is 1. The summed E-state index contributed by atoms with van der Waals surface area (Å²) in [5, 5.41) is 5.81. The highest BCUT2D eigenvalue weighted by molar-refractivity contribution is 5.91. The minimum Gasteiger partial charge on any atom is -0.344 e. The maximum atomic E-state index is 12.6. The van der Waals surface area contributed by atoms with Gasteiger partial charge in [-0.05, 0) is 41.0 Å². The molecule has 1 atom stereocenters. The Hall–Kier alpha value is -3.07. The van der Waals surface area contributed by atoms with Crippen LogP contribution >= 0.6 is 0 Å². The molecule has 146 valence electrons. The van der Waals surface area contributed by atoms with E-state index < -0.39 is 5.66 Å². The predicted octanol–water partition coefficient (Wildman–Crippen LogP) is 5.18. The van der Waals surface area contributed by atoms with Gasteiger partial charge in [0.25, 0.3) is 0 Å². The Morgan fingerprint density at radius 1 is 1.03 bits per heavy atom. The highest BCUT2D eigenvalue weighted by Gasteiger charge is 2.57. The van der Waals surface area contributed by atoms with Crippen molar-refractivity contribution in [2.24, 2.45) is 0 Å². The van der Waals surface area contributed by atoms with Crippen LogP contribution in [0.15, 0.2) is 66.7 Å². The molecule has 0 bridgehead atoms. The van der Waals surface area contributed by atoms with E-state index in [1.54, 1.807) is 0 Å². The first-order chi connectivity index (χ1) is 13.9. The van der Waals surface area contributed by atoms with Crippen LogP contribution in [0.25, 0.3) is 16.8 Å². The molecule has 3 aromatic rings. The largest absolute Gasteiger partial charge is 0.344 e. The number of nitrogens with zero attached hydrogens (tertiary/aromatic N) is 1. The topological polar surface area (TPSA) is 32.3 Å². The summed E-state index contributed by atoms with van der Waals surface area (Å²) < 4.78 is 0. The molecule has 5 rings (SSSR count). The van der Waals surface area contributed by atoms with Crippen LogP contribution < -0.4 is 10.2 Å². The third kappa shape index (κ3) is 2.53. The van der Waals surface area contributed by atoms with Crippen molar-refractivity contribution in [2.45, 2.75) is 38.3 Å². The fourth-order valence-corrected chi connectivity index (χ4v) is 5.07. The molecule has 0 aromatic heterocycles. The van der Waals surface area contributed by atoms with Gasteiger partial charge in [0.1, 0.15) is 5.66 Å². The number of anilines is 1. The van der Waals surface area contributed by atoms with Crippen molar-refractivity contribution in [3.8, 4) is 0 Å². The molecule has 1 saturated heterocycles. The maximum Gasteiger partial charge on any atom is 0.223 e. The van der Waals surface area contributed by atoms with Crippen molar-refractivity contribution in [1.82, 2.24) is 5.32 Å². The van der Waals surface area contributed by atoms with Gasteiger partial charge in [0, 0.05) is 24.1 Å². The lowest BCUT2D eigenvalue weighted by molar-refractivity contribution is -0.124. The lowest BCUT2D eigenvalue weighted by atomic mass is 9.74. The van der Waals surface area contributed by atoms with E-state index in [2.05, 4.69) is 104 Å². The smallest absolute Gasteiger partial charge is 0.223 e. The minimum absolute atomic E-state index is 0.112. The number of carbonyl (C=O) groups is 1. The van der Waals surface area contributed by atoms with Crippen LogP contribution in [0.3, 0.4) is 0 Å². The van der Waals surface area contributed by atoms with Crippen LogP contribution in [-0.2, 0) is 10.2 Å². The number of carbonyl (C=O) groups excluding carboxylic acids is 1. The first kappa shape index (κ1) is 18.0. The van der Waals surface area contributed by atoms with Crippen LogP contribution in [0.1, 0.15) is 37.0 Å². The van der Waals surface area contributed by atoms with E-state index in [0.29, 0.717) is 6.42 Å². The zero-order valence-corrected chi connectivity index (χ0v) is 17.2. The molecule has 1 amide bonds. The Morgan fingerprint density at radius 2 is 1.83 bits per heavy atom. The van der Waals surface area contributed by atoms with Crippen molar-refractivity contribution in [2.75, 3.05) is 11.4 Å². The van der Waals surface area contributed by atoms with Gasteiger partial charge in [0.05, 0.1) is 0 Å². The summed E-state index contributed by atoms with van der Waals surface area (Å²) >= 11 is 0. The molecule has 2 aliphatic heterocycles. The van der Waals surface area contributed by atoms with Crippen molar-refractivity contribution < 1.29 is 4.79 Å². The number of rotatable bonds is 2. The molecule has 1 fully saturated rings. The second-order valence-electron chi connectivity index (χ2n) is 8.76. The van der Waals surface area contributed by atoms with Crippen molar-refractivity contribution in [1.29, 1.82) is 0 Å². The summed E-state index contributed by atoms with van der Waals surface area (Å²) in [6.07, 6.45) is 4.91. The van der Waals surface area contributed by atoms with Crippen LogP contribution in [0.4, 0.5) is 5.69 Å². The first-order valence-electron chi connectivity index (χ1n) is 10.3. The molecule has 2 heterocycles. The van der Waals surface area contributed by atoms with Gasteiger partial charge in [-0.15, -0.1) is 0 Å². The fraction of sp³-hybridized carbons (Fsp3) is 0.269. The molecule has 2 aliphatic rings. The molecule has 0 spiro atoms. The summed E-state index contributed by atoms with van der Waals surface area (Å²) in [7, 11) is 0. The third-order valence-corrected chi connectivity index (χ3v) is 6.71. The van der Waals surface area contributed by atoms with Gasteiger partial charge in [-0.3, -0.25) is 4.79 Å². The Morgan fingerprint density at radius 3 is 2.69 bits per heavy atom. The van der Waals surface area contributed by atoms with Gasteiger partial charge in [0.2, 0.25) is 5.91 Å². The van der Waals surface area contributed by atoms with Crippen molar-refractivity contribution in [3.05, 3.63) is 83.4 Å². The number of hydrogen-bond donors (Lipinski definition) is 1. The number of nitrogens with one attached hydrogen (secondary N) is 1. The third-order valence-electron chi connectivity index (χ3n) is 6.71. The lowest BCUT2D eigenvalue weighted by Gasteiger charge is -2.49.